The number of esters is 2. The van der Waals surface area contributed by atoms with Gasteiger partial charge < -0.3 is 34.5 Å². The van der Waals surface area contributed by atoms with Crippen molar-refractivity contribution in [3.05, 3.63) is 24.3 Å². The molecule has 10 heteroatoms. The molecule has 1 rings (SSSR count). The Labute approximate surface area is 362 Å². The van der Waals surface area contributed by atoms with Crippen molar-refractivity contribution < 1.29 is 28.5 Å². The normalized spacial score (nSPS) is 16.9. The van der Waals surface area contributed by atoms with Crippen molar-refractivity contribution in [1.82, 2.24) is 15.5 Å². The minimum absolute atomic E-state index is 0.0695. The molecule has 0 saturated heterocycles. The average Bonchev–Trinajstić information content (AvgIpc) is 3.55. The number of rotatable bonds is 39. The number of carbonyl (C=O) groups excluding carboxylic acids is 2. The third kappa shape index (κ3) is 32.8. The number of likely N-dealkylation sites (N-methyl/N-ethyl adjacent to an activating group) is 1. The number of thiocarbonyl (C=S) groups is 1. The first-order chi connectivity index (χ1) is 28.3. The molecule has 0 bridgehead atoms. The molecule has 1 fully saturated rings. The first-order valence-corrected chi connectivity index (χ1v) is 24.3. The highest BCUT2D eigenvalue weighted by atomic mass is 32.1. The summed E-state index contributed by atoms with van der Waals surface area (Å²) in [4.78, 5) is 28.4. The zero-order valence-electron chi connectivity index (χ0n) is 38.1. The molecule has 1 saturated carbocycles. The zero-order chi connectivity index (χ0) is 42.3. The van der Waals surface area contributed by atoms with Crippen molar-refractivity contribution in [2.45, 2.75) is 225 Å². The second kappa shape index (κ2) is 39.1. The molecule has 0 aliphatic heterocycles. The SMILES string of the molecule is CCCCC/C=C\C/C=C\CCCCCCCC(=O)OC1CC(NC(=S)NCCN(C)C)CC1OC(=O)CCC(OCCCCCCCC)OCCCCCCCC. The molecule has 0 radical (unpaired) electrons. The largest absolute Gasteiger partial charge is 0.458 e. The van der Waals surface area contributed by atoms with E-state index < -0.39 is 18.5 Å². The Hall–Kier alpha value is -2.01. The van der Waals surface area contributed by atoms with Gasteiger partial charge in [-0.05, 0) is 77.7 Å². The maximum absolute atomic E-state index is 13.3. The number of nitrogens with zero attached hydrogens (tertiary/aromatic N) is 1. The lowest BCUT2D eigenvalue weighted by Crippen LogP contribution is -2.43. The molecule has 1 aliphatic carbocycles. The Morgan fingerprint density at radius 1 is 0.638 bits per heavy atom. The molecule has 2 N–H and O–H groups in total. The highest BCUT2D eigenvalue weighted by Gasteiger charge is 2.40. The molecule has 338 valence electrons. The summed E-state index contributed by atoms with van der Waals surface area (Å²) in [6, 6.07) is -0.0695. The first kappa shape index (κ1) is 54.0. The molecular formula is C48H89N3O6S. The lowest BCUT2D eigenvalue weighted by molar-refractivity contribution is -0.170. The molecule has 0 heterocycles. The number of unbranched alkanes of at least 4 members (excludes halogenated alkanes) is 18. The molecule has 9 nitrogen and oxygen atoms in total. The third-order valence-corrected chi connectivity index (χ3v) is 11.0. The van der Waals surface area contributed by atoms with Crippen molar-refractivity contribution in [2.24, 2.45) is 0 Å². The highest BCUT2D eigenvalue weighted by Crippen LogP contribution is 2.27. The maximum Gasteiger partial charge on any atom is 0.306 e. The molecule has 0 spiro atoms. The molecule has 0 aromatic carbocycles. The van der Waals surface area contributed by atoms with E-state index in [0.29, 0.717) is 44.0 Å². The Morgan fingerprint density at radius 3 is 1.66 bits per heavy atom. The van der Waals surface area contributed by atoms with Gasteiger partial charge in [0.15, 0.2) is 11.4 Å². The van der Waals surface area contributed by atoms with Gasteiger partial charge in [0.2, 0.25) is 0 Å². The molecule has 3 unspecified atom stereocenters. The van der Waals surface area contributed by atoms with E-state index in [9.17, 15) is 9.59 Å². The number of hydrogen-bond donors (Lipinski definition) is 2. The predicted octanol–water partition coefficient (Wildman–Crippen LogP) is 11.7. The molecule has 1 aliphatic rings. The topological polar surface area (TPSA) is 98.4 Å². The van der Waals surface area contributed by atoms with Crippen molar-refractivity contribution in [2.75, 3.05) is 40.4 Å². The monoisotopic (exact) mass is 836 g/mol. The van der Waals surface area contributed by atoms with Gasteiger partial charge in [-0.3, -0.25) is 9.59 Å². The summed E-state index contributed by atoms with van der Waals surface area (Å²) in [6.45, 7) is 9.55. The minimum atomic E-state index is -0.533. The van der Waals surface area contributed by atoms with Gasteiger partial charge in [-0.1, -0.05) is 141 Å². The fourth-order valence-corrected chi connectivity index (χ4v) is 7.41. The number of ether oxygens (including phenoxy) is 4. The maximum atomic E-state index is 13.3. The van der Waals surface area contributed by atoms with Crippen LogP contribution < -0.4 is 10.6 Å². The van der Waals surface area contributed by atoms with Crippen LogP contribution in [-0.2, 0) is 28.5 Å². The van der Waals surface area contributed by atoms with Crippen molar-refractivity contribution >= 4 is 29.3 Å². The summed E-state index contributed by atoms with van der Waals surface area (Å²) < 4.78 is 24.4. The standard InChI is InChI=1S/C48H89N3O6S/c1-6-9-12-15-18-19-20-21-22-23-24-25-26-27-30-33-45(52)56-43-40-42(50-48(58)49-36-37-51(4)5)41-44(43)57-46(53)34-35-47(54-38-31-28-16-13-10-7-2)55-39-32-29-17-14-11-8-3/h18-19,21-22,42-44,47H,6-17,20,23-41H2,1-5H3,(H2,49,50,58)/b19-18-,22-21-. The van der Waals surface area contributed by atoms with Crippen molar-refractivity contribution in [3.8, 4) is 0 Å². The van der Waals surface area contributed by atoms with Gasteiger partial charge in [0.1, 0.15) is 12.2 Å². The lowest BCUT2D eigenvalue weighted by atomic mass is 10.1. The molecule has 58 heavy (non-hydrogen) atoms. The fourth-order valence-electron chi connectivity index (χ4n) is 7.14. The number of carbonyl (C=O) groups is 2. The summed E-state index contributed by atoms with van der Waals surface area (Å²) >= 11 is 5.56. The Balaban J connectivity index is 2.60. The Kier molecular flexibility index (Phi) is 36.5. The second-order valence-electron chi connectivity index (χ2n) is 16.7. The van der Waals surface area contributed by atoms with Crippen molar-refractivity contribution in [3.63, 3.8) is 0 Å². The smallest absolute Gasteiger partial charge is 0.306 e. The molecule has 0 aromatic rings. The van der Waals surface area contributed by atoms with Crippen LogP contribution in [0.25, 0.3) is 0 Å². The van der Waals surface area contributed by atoms with Crippen LogP contribution in [0.1, 0.15) is 201 Å². The van der Waals surface area contributed by atoms with Gasteiger partial charge >= 0.3 is 11.9 Å². The summed E-state index contributed by atoms with van der Waals surface area (Å²) in [5, 5.41) is 7.18. The van der Waals surface area contributed by atoms with Crippen LogP contribution in [0.2, 0.25) is 0 Å². The molecular weight excluding hydrogens is 747 g/mol. The summed E-state index contributed by atoms with van der Waals surface area (Å²) in [7, 11) is 4.04. The van der Waals surface area contributed by atoms with Gasteiger partial charge in [0.25, 0.3) is 0 Å². The van der Waals surface area contributed by atoms with Gasteiger partial charge in [-0.2, -0.15) is 0 Å². The van der Waals surface area contributed by atoms with Gasteiger partial charge in [0.05, 0.1) is 6.42 Å². The summed E-state index contributed by atoms with van der Waals surface area (Å²) in [6.07, 6.45) is 36.5. The number of nitrogens with one attached hydrogen (secondary N) is 2. The van der Waals surface area contributed by atoms with Crippen LogP contribution in [0, 0.1) is 0 Å². The van der Waals surface area contributed by atoms with E-state index >= 15 is 0 Å². The minimum Gasteiger partial charge on any atom is -0.458 e. The van der Waals surface area contributed by atoms with Crippen LogP contribution in [0.4, 0.5) is 0 Å². The van der Waals surface area contributed by atoms with Crippen LogP contribution in [-0.4, -0.2) is 86.9 Å². The quantitative estimate of drug-likeness (QED) is 0.0205. The van der Waals surface area contributed by atoms with E-state index in [2.05, 4.69) is 60.6 Å². The second-order valence-corrected chi connectivity index (χ2v) is 17.1. The van der Waals surface area contributed by atoms with Crippen LogP contribution in [0.5, 0.6) is 0 Å². The molecule has 0 aromatic heterocycles. The Bertz CT molecular complexity index is 1040. The van der Waals surface area contributed by atoms with E-state index in [1.165, 1.54) is 83.5 Å². The van der Waals surface area contributed by atoms with Crippen LogP contribution >= 0.6 is 12.2 Å². The van der Waals surface area contributed by atoms with E-state index in [1.54, 1.807) is 0 Å². The van der Waals surface area contributed by atoms with Gasteiger partial charge in [0, 0.05) is 58.0 Å². The van der Waals surface area contributed by atoms with E-state index in [1.807, 2.05) is 14.1 Å². The lowest BCUT2D eigenvalue weighted by Gasteiger charge is -2.22. The third-order valence-electron chi connectivity index (χ3n) is 10.7. The van der Waals surface area contributed by atoms with E-state index in [0.717, 1.165) is 77.3 Å². The molecule has 0 amide bonds. The van der Waals surface area contributed by atoms with Crippen molar-refractivity contribution in [1.29, 1.82) is 0 Å². The van der Waals surface area contributed by atoms with Gasteiger partial charge in [-0.15, -0.1) is 0 Å². The predicted molar refractivity (Wildman–Crippen MR) is 246 cm³/mol. The van der Waals surface area contributed by atoms with Gasteiger partial charge in [-0.25, -0.2) is 0 Å². The number of hydrogen-bond acceptors (Lipinski definition) is 8. The Morgan fingerprint density at radius 2 is 1.10 bits per heavy atom. The van der Waals surface area contributed by atoms with Crippen LogP contribution in [0.15, 0.2) is 24.3 Å². The highest BCUT2D eigenvalue weighted by molar-refractivity contribution is 7.80. The number of allylic oxidation sites excluding steroid dienone is 4. The van der Waals surface area contributed by atoms with E-state index in [-0.39, 0.29) is 24.4 Å². The fraction of sp³-hybridized carbons (Fsp3) is 0.854. The van der Waals surface area contributed by atoms with Crippen LogP contribution in [0.3, 0.4) is 0 Å². The average molecular weight is 836 g/mol. The first-order valence-electron chi connectivity index (χ1n) is 23.9. The summed E-state index contributed by atoms with van der Waals surface area (Å²) in [5.41, 5.74) is 0. The zero-order valence-corrected chi connectivity index (χ0v) is 38.9. The summed E-state index contributed by atoms with van der Waals surface area (Å²) in [5.74, 6) is -0.543. The van der Waals surface area contributed by atoms with E-state index in [4.69, 9.17) is 31.2 Å². The molecule has 3 atom stereocenters.